The van der Waals surface area contributed by atoms with Crippen molar-refractivity contribution in [2.75, 3.05) is 39.9 Å². The van der Waals surface area contributed by atoms with Gasteiger partial charge in [-0.1, -0.05) is 11.6 Å². The second-order valence-electron chi connectivity index (χ2n) is 6.58. The van der Waals surface area contributed by atoms with Gasteiger partial charge in [-0.15, -0.1) is 0 Å². The average Bonchev–Trinajstić information content (AvgIpc) is 2.79. The zero-order valence-corrected chi connectivity index (χ0v) is 18.4. The first-order valence-electron chi connectivity index (χ1n) is 9.44. The molecule has 3 rings (SSSR count). The zero-order chi connectivity index (χ0) is 23.3. The lowest BCUT2D eigenvalue weighted by Gasteiger charge is -2.13. The summed E-state index contributed by atoms with van der Waals surface area (Å²) in [6.45, 7) is 0.677. The summed E-state index contributed by atoms with van der Waals surface area (Å²) in [4.78, 5) is 39.8. The number of nitrogens with one attached hydrogen (secondary N) is 2. The van der Waals surface area contributed by atoms with Crippen molar-refractivity contribution in [1.29, 1.82) is 0 Å². The van der Waals surface area contributed by atoms with E-state index in [0.717, 1.165) is 0 Å². The largest absolute Gasteiger partial charge is 0.493 e. The summed E-state index contributed by atoms with van der Waals surface area (Å²) in [5.41, 5.74) is 0.0746. The maximum Gasteiger partial charge on any atom is 0.337 e. The van der Waals surface area contributed by atoms with E-state index in [-0.39, 0.29) is 21.8 Å². The van der Waals surface area contributed by atoms with Gasteiger partial charge in [0.25, 0.3) is 11.5 Å². The summed E-state index contributed by atoms with van der Waals surface area (Å²) in [7, 11) is 4.28. The molecular formula is C22H21ClN2O7. The Kier molecular flexibility index (Phi) is 7.34. The molecule has 0 spiro atoms. The van der Waals surface area contributed by atoms with Crippen LogP contribution in [0.1, 0.15) is 20.7 Å². The first-order valence-corrected chi connectivity index (χ1v) is 9.81. The summed E-state index contributed by atoms with van der Waals surface area (Å²) in [5.74, 6) is -0.428. The number of hydrogen-bond donors (Lipinski definition) is 2. The van der Waals surface area contributed by atoms with E-state index in [0.29, 0.717) is 35.6 Å². The minimum absolute atomic E-state index is 0.148. The van der Waals surface area contributed by atoms with Gasteiger partial charge in [0.05, 0.1) is 42.6 Å². The van der Waals surface area contributed by atoms with E-state index in [1.165, 1.54) is 38.5 Å². The quantitative estimate of drug-likeness (QED) is 0.391. The van der Waals surface area contributed by atoms with Gasteiger partial charge in [-0.3, -0.25) is 9.59 Å². The Balaban J connectivity index is 1.96. The number of rotatable bonds is 8. The Hall–Kier alpha value is -3.56. The van der Waals surface area contributed by atoms with Crippen LogP contribution < -0.4 is 20.3 Å². The molecule has 0 atom stereocenters. The topological polar surface area (TPSA) is 116 Å². The van der Waals surface area contributed by atoms with E-state index in [1.807, 2.05) is 0 Å². The summed E-state index contributed by atoms with van der Waals surface area (Å²) < 4.78 is 20.6. The first kappa shape index (κ1) is 23.1. The molecule has 1 aromatic heterocycles. The van der Waals surface area contributed by atoms with Crippen LogP contribution in [0.4, 0.5) is 5.69 Å². The minimum Gasteiger partial charge on any atom is -0.493 e. The second kappa shape index (κ2) is 10.2. The third-order valence-corrected chi connectivity index (χ3v) is 4.88. The Labute approximate surface area is 188 Å². The van der Waals surface area contributed by atoms with Gasteiger partial charge in [0.2, 0.25) is 0 Å². The summed E-state index contributed by atoms with van der Waals surface area (Å²) in [5, 5.41) is 3.31. The number of methoxy groups -OCH3 is 3. The highest BCUT2D eigenvalue weighted by Crippen LogP contribution is 2.31. The number of carbonyl (C=O) groups is 2. The second-order valence-corrected chi connectivity index (χ2v) is 6.99. The number of H-pyrrole nitrogens is 1. The summed E-state index contributed by atoms with van der Waals surface area (Å²) in [6.07, 6.45) is 0. The van der Waals surface area contributed by atoms with Gasteiger partial charge in [0, 0.05) is 18.6 Å². The van der Waals surface area contributed by atoms with Crippen molar-refractivity contribution in [3.05, 3.63) is 62.9 Å². The molecule has 0 saturated carbocycles. The Morgan fingerprint density at radius 3 is 2.50 bits per heavy atom. The van der Waals surface area contributed by atoms with Gasteiger partial charge in [0.1, 0.15) is 12.2 Å². The molecule has 2 aromatic carbocycles. The Morgan fingerprint density at radius 2 is 1.81 bits per heavy atom. The number of amides is 1. The fourth-order valence-electron chi connectivity index (χ4n) is 2.95. The van der Waals surface area contributed by atoms with Crippen molar-refractivity contribution in [2.24, 2.45) is 0 Å². The summed E-state index contributed by atoms with van der Waals surface area (Å²) in [6, 6.07) is 8.98. The molecule has 10 heteroatoms. The van der Waals surface area contributed by atoms with Crippen molar-refractivity contribution in [3.8, 4) is 11.5 Å². The van der Waals surface area contributed by atoms with Crippen molar-refractivity contribution in [2.45, 2.75) is 0 Å². The molecule has 1 heterocycles. The van der Waals surface area contributed by atoms with Gasteiger partial charge >= 0.3 is 5.97 Å². The molecule has 1 amide bonds. The van der Waals surface area contributed by atoms with Crippen LogP contribution in [0.3, 0.4) is 0 Å². The van der Waals surface area contributed by atoms with Crippen LogP contribution in [-0.4, -0.2) is 51.4 Å². The number of aromatic nitrogens is 1. The fraction of sp³-hybridized carbons (Fsp3) is 0.227. The molecule has 0 radical (unpaired) electrons. The predicted molar refractivity (Wildman–Crippen MR) is 119 cm³/mol. The molecule has 0 aliphatic rings. The molecular weight excluding hydrogens is 440 g/mol. The highest BCUT2D eigenvalue weighted by Gasteiger charge is 2.17. The molecule has 3 aromatic rings. The van der Waals surface area contributed by atoms with Crippen molar-refractivity contribution in [1.82, 2.24) is 4.98 Å². The maximum atomic E-state index is 12.8. The van der Waals surface area contributed by atoms with Gasteiger partial charge in [-0.25, -0.2) is 4.79 Å². The molecule has 9 nitrogen and oxygen atoms in total. The number of fused-ring (bicyclic) bond motifs is 1. The standard InChI is InChI=1S/C22H21ClN2O7/c1-29-6-7-32-19-10-13-8-14(20(26)24-16(13)11-18(19)30-2)21(27)25-17-9-12(22(28)31-3)4-5-15(17)23/h4-5,8-11H,6-7H2,1-3H3,(H,24,26)(H,25,27). The van der Waals surface area contributed by atoms with Gasteiger partial charge in [0.15, 0.2) is 11.5 Å². The number of pyridine rings is 1. The van der Waals surface area contributed by atoms with E-state index < -0.39 is 17.4 Å². The minimum atomic E-state index is -0.699. The van der Waals surface area contributed by atoms with Crippen LogP contribution in [0.2, 0.25) is 5.02 Å². The number of ether oxygens (including phenoxy) is 4. The van der Waals surface area contributed by atoms with E-state index >= 15 is 0 Å². The number of anilines is 1. The lowest BCUT2D eigenvalue weighted by atomic mass is 10.1. The number of hydrogen-bond acceptors (Lipinski definition) is 7. The highest BCUT2D eigenvalue weighted by molar-refractivity contribution is 6.34. The van der Waals surface area contributed by atoms with E-state index in [9.17, 15) is 14.4 Å². The Bertz CT molecular complexity index is 1220. The van der Waals surface area contributed by atoms with Crippen LogP contribution in [-0.2, 0) is 9.47 Å². The molecule has 0 saturated heterocycles. The highest BCUT2D eigenvalue weighted by atomic mass is 35.5. The Morgan fingerprint density at radius 1 is 1.03 bits per heavy atom. The third-order valence-electron chi connectivity index (χ3n) is 4.55. The van der Waals surface area contributed by atoms with Crippen LogP contribution in [0, 0.1) is 0 Å². The van der Waals surface area contributed by atoms with Crippen LogP contribution in [0.5, 0.6) is 11.5 Å². The SMILES string of the molecule is COCCOc1cc2cc(C(=O)Nc3cc(C(=O)OC)ccc3Cl)c(=O)[nH]c2cc1OC. The maximum absolute atomic E-state index is 12.8. The number of esters is 1. The van der Waals surface area contributed by atoms with Crippen LogP contribution in [0.25, 0.3) is 10.9 Å². The normalized spacial score (nSPS) is 10.6. The molecule has 32 heavy (non-hydrogen) atoms. The number of carbonyl (C=O) groups excluding carboxylic acids is 2. The molecule has 0 fully saturated rings. The van der Waals surface area contributed by atoms with Crippen LogP contribution in [0.15, 0.2) is 41.2 Å². The molecule has 0 aliphatic heterocycles. The molecule has 0 bridgehead atoms. The zero-order valence-electron chi connectivity index (χ0n) is 17.6. The number of aromatic amines is 1. The fourth-order valence-corrected chi connectivity index (χ4v) is 3.11. The van der Waals surface area contributed by atoms with Gasteiger partial charge in [-0.05, 0) is 30.3 Å². The van der Waals surface area contributed by atoms with Crippen LogP contribution >= 0.6 is 11.6 Å². The molecule has 0 aliphatic carbocycles. The average molecular weight is 461 g/mol. The third kappa shape index (κ3) is 5.01. The smallest absolute Gasteiger partial charge is 0.337 e. The summed E-state index contributed by atoms with van der Waals surface area (Å²) >= 11 is 6.13. The lowest BCUT2D eigenvalue weighted by Crippen LogP contribution is -2.23. The van der Waals surface area contributed by atoms with Crippen molar-refractivity contribution < 1.29 is 28.5 Å². The number of benzene rings is 2. The van der Waals surface area contributed by atoms with E-state index in [2.05, 4.69) is 15.0 Å². The van der Waals surface area contributed by atoms with Crippen molar-refractivity contribution >= 4 is 40.1 Å². The molecule has 168 valence electrons. The van der Waals surface area contributed by atoms with Gasteiger partial charge < -0.3 is 29.2 Å². The van der Waals surface area contributed by atoms with E-state index in [4.69, 9.17) is 25.8 Å². The molecule has 0 unspecified atom stereocenters. The first-order chi connectivity index (χ1) is 15.4. The van der Waals surface area contributed by atoms with Gasteiger partial charge in [-0.2, -0.15) is 0 Å². The van der Waals surface area contributed by atoms with E-state index in [1.54, 1.807) is 19.2 Å². The molecule has 2 N–H and O–H groups in total. The number of halogens is 1. The van der Waals surface area contributed by atoms with Crippen molar-refractivity contribution in [3.63, 3.8) is 0 Å². The predicted octanol–water partition coefficient (Wildman–Crippen LogP) is 3.25. The monoisotopic (exact) mass is 460 g/mol. The lowest BCUT2D eigenvalue weighted by molar-refractivity contribution is 0.0600.